The van der Waals surface area contributed by atoms with Crippen LogP contribution in [0, 0.1) is 26.7 Å². The molecule has 1 atom stereocenters. The van der Waals surface area contributed by atoms with Crippen LogP contribution in [0.15, 0.2) is 158 Å². The molecule has 1 nitrogen and oxygen atoms in total. The molecule has 2 aliphatic rings. The molecule has 0 fully saturated rings. The van der Waals surface area contributed by atoms with Gasteiger partial charge in [-0.05, 0) is 137 Å². The predicted molar refractivity (Wildman–Crippen MR) is 222 cm³/mol. The van der Waals surface area contributed by atoms with Crippen molar-refractivity contribution in [2.45, 2.75) is 47.0 Å². The van der Waals surface area contributed by atoms with Crippen LogP contribution in [0.25, 0.3) is 60.5 Å². The average molecular weight is 660 g/mol. The van der Waals surface area contributed by atoms with Crippen LogP contribution in [0.3, 0.4) is 0 Å². The van der Waals surface area contributed by atoms with Crippen molar-refractivity contribution in [3.8, 4) is 16.8 Å². The summed E-state index contributed by atoms with van der Waals surface area (Å²) in [4.78, 5) is 0. The molecule has 1 unspecified atom stereocenters. The molecule has 0 aliphatic heterocycles. The van der Waals surface area contributed by atoms with Gasteiger partial charge in [0.05, 0.1) is 11.0 Å². The van der Waals surface area contributed by atoms with Crippen molar-refractivity contribution in [3.63, 3.8) is 0 Å². The highest BCUT2D eigenvalue weighted by atomic mass is 15.0. The van der Waals surface area contributed by atoms with Gasteiger partial charge < -0.3 is 4.57 Å². The Balaban J connectivity index is 0.000000184. The summed E-state index contributed by atoms with van der Waals surface area (Å²) in [5, 5.41) is 5.30. The second-order valence-corrected chi connectivity index (χ2v) is 14.3. The molecule has 2 aliphatic carbocycles. The van der Waals surface area contributed by atoms with E-state index in [1.54, 1.807) is 0 Å². The number of para-hydroxylation sites is 1. The lowest BCUT2D eigenvalue weighted by atomic mass is 9.93. The fourth-order valence-corrected chi connectivity index (χ4v) is 7.82. The van der Waals surface area contributed by atoms with Crippen molar-refractivity contribution in [1.29, 1.82) is 0 Å². The third-order valence-corrected chi connectivity index (χ3v) is 10.5. The summed E-state index contributed by atoms with van der Waals surface area (Å²) in [7, 11) is 0. The predicted octanol–water partition coefficient (Wildman–Crippen LogP) is 13.9. The fraction of sp³-hybridized carbons (Fsp3) is 0.160. The first-order valence-corrected chi connectivity index (χ1v) is 18.4. The Morgan fingerprint density at radius 1 is 0.549 bits per heavy atom. The Kier molecular flexibility index (Phi) is 8.88. The van der Waals surface area contributed by atoms with E-state index in [1.807, 2.05) is 0 Å². The van der Waals surface area contributed by atoms with E-state index < -0.39 is 0 Å². The molecule has 0 saturated heterocycles. The highest BCUT2D eigenvalue weighted by Crippen LogP contribution is 2.38. The van der Waals surface area contributed by atoms with Gasteiger partial charge in [-0.15, -0.1) is 0 Å². The Morgan fingerprint density at radius 2 is 1.31 bits per heavy atom. The maximum atomic E-state index is 2.42. The van der Waals surface area contributed by atoms with Crippen molar-refractivity contribution in [2.24, 2.45) is 5.92 Å². The minimum Gasteiger partial charge on any atom is -0.309 e. The molecule has 0 bridgehead atoms. The van der Waals surface area contributed by atoms with Gasteiger partial charge in [-0.25, -0.2) is 0 Å². The summed E-state index contributed by atoms with van der Waals surface area (Å²) in [6.45, 7) is 8.86. The van der Waals surface area contributed by atoms with E-state index in [2.05, 4.69) is 190 Å². The van der Waals surface area contributed by atoms with Crippen LogP contribution in [0.2, 0.25) is 0 Å². The monoisotopic (exact) mass is 659 g/mol. The lowest BCUT2D eigenvalue weighted by Gasteiger charge is -2.14. The smallest absolute Gasteiger partial charge is 0.0547 e. The standard InChI is InChI=1S/C33H29N.C17H16/c1-22-12-14-25(15-13-22)26-16-18-27(19-17-26)34-32-11-7-6-10-29(32)31-20-24(3)30(21-33(31)34)28-9-5-4-8-23(28)2;1-13-11-15-9-5-6-10-16(15)17(12-13)14-7-3-2-4-8-14/h4-12,14-22H,13H2,1-3H3;3,5-12H,2,4H2,1H3. The summed E-state index contributed by atoms with van der Waals surface area (Å²) < 4.78 is 2.42. The van der Waals surface area contributed by atoms with Gasteiger partial charge in [0.25, 0.3) is 0 Å². The van der Waals surface area contributed by atoms with Crippen molar-refractivity contribution < 1.29 is 0 Å². The second-order valence-electron chi connectivity index (χ2n) is 14.3. The van der Waals surface area contributed by atoms with Crippen molar-refractivity contribution in [1.82, 2.24) is 4.57 Å². The van der Waals surface area contributed by atoms with Gasteiger partial charge in [0, 0.05) is 16.5 Å². The molecule has 0 saturated carbocycles. The number of fused-ring (bicyclic) bond motifs is 4. The zero-order valence-corrected chi connectivity index (χ0v) is 30.2. The zero-order chi connectivity index (χ0) is 34.9. The molecule has 1 aromatic heterocycles. The average Bonchev–Trinajstić information content (AvgIpc) is 3.48. The molecule has 250 valence electrons. The number of nitrogens with zero attached hydrogens (tertiary/aromatic N) is 1. The Morgan fingerprint density at radius 3 is 2.08 bits per heavy atom. The Bertz CT molecular complexity index is 2530. The number of benzene rings is 6. The maximum Gasteiger partial charge on any atom is 0.0547 e. The largest absolute Gasteiger partial charge is 0.309 e. The van der Waals surface area contributed by atoms with Crippen LogP contribution in [-0.2, 0) is 0 Å². The van der Waals surface area contributed by atoms with E-state index >= 15 is 0 Å². The molecule has 6 aromatic carbocycles. The molecular weight excluding hydrogens is 615 g/mol. The highest BCUT2D eigenvalue weighted by molar-refractivity contribution is 6.10. The molecule has 0 N–H and O–H groups in total. The van der Waals surface area contributed by atoms with Crippen LogP contribution >= 0.6 is 0 Å². The summed E-state index contributed by atoms with van der Waals surface area (Å²) in [5.74, 6) is 0.631. The van der Waals surface area contributed by atoms with Gasteiger partial charge in [0.2, 0.25) is 0 Å². The van der Waals surface area contributed by atoms with E-state index in [9.17, 15) is 0 Å². The molecule has 1 heteroatoms. The zero-order valence-electron chi connectivity index (χ0n) is 30.2. The van der Waals surface area contributed by atoms with Gasteiger partial charge in [-0.3, -0.25) is 0 Å². The minimum atomic E-state index is 0.631. The van der Waals surface area contributed by atoms with Gasteiger partial charge in [-0.1, -0.05) is 134 Å². The number of rotatable bonds is 4. The number of hydrogen-bond donors (Lipinski definition) is 0. The quantitative estimate of drug-likeness (QED) is 0.177. The molecule has 51 heavy (non-hydrogen) atoms. The first kappa shape index (κ1) is 32.5. The van der Waals surface area contributed by atoms with Crippen molar-refractivity contribution in [2.75, 3.05) is 0 Å². The first-order chi connectivity index (χ1) is 24.9. The van der Waals surface area contributed by atoms with E-state index in [0.717, 1.165) is 12.8 Å². The highest BCUT2D eigenvalue weighted by Gasteiger charge is 2.16. The Labute approximate surface area is 302 Å². The van der Waals surface area contributed by atoms with Gasteiger partial charge in [-0.2, -0.15) is 0 Å². The molecular formula is C50H45N. The molecule has 0 radical (unpaired) electrons. The Hall–Kier alpha value is -5.66. The second kappa shape index (κ2) is 13.9. The topological polar surface area (TPSA) is 4.93 Å². The van der Waals surface area contributed by atoms with E-state index in [1.165, 1.54) is 94.8 Å². The SMILES string of the molecule is Cc1cc(C2=CCCC=C2)c2ccccc2c1.Cc1ccccc1-c1cc2c(cc1C)c1ccccc1n2-c1ccc(C2=CCC(C)C=C2)cc1. The minimum absolute atomic E-state index is 0.631. The van der Waals surface area contributed by atoms with Gasteiger partial charge >= 0.3 is 0 Å². The number of hydrogen-bond acceptors (Lipinski definition) is 0. The van der Waals surface area contributed by atoms with Crippen LogP contribution in [-0.4, -0.2) is 4.57 Å². The molecule has 9 rings (SSSR count). The lowest BCUT2D eigenvalue weighted by molar-refractivity contribution is 0.739. The van der Waals surface area contributed by atoms with Crippen molar-refractivity contribution in [3.05, 3.63) is 186 Å². The number of allylic oxidation sites excluding steroid dienone is 8. The van der Waals surface area contributed by atoms with Gasteiger partial charge in [0.15, 0.2) is 0 Å². The third-order valence-electron chi connectivity index (χ3n) is 10.5. The summed E-state index contributed by atoms with van der Waals surface area (Å²) in [5.41, 5.74) is 15.6. The number of aryl methyl sites for hydroxylation is 3. The fourth-order valence-electron chi connectivity index (χ4n) is 7.82. The normalized spacial score (nSPS) is 15.5. The molecule has 7 aromatic rings. The summed E-state index contributed by atoms with van der Waals surface area (Å²) in [6.07, 6.45) is 17.3. The summed E-state index contributed by atoms with van der Waals surface area (Å²) in [6, 6.07) is 44.4. The third kappa shape index (κ3) is 6.41. The molecule has 1 heterocycles. The summed E-state index contributed by atoms with van der Waals surface area (Å²) >= 11 is 0. The van der Waals surface area contributed by atoms with Crippen LogP contribution in [0.5, 0.6) is 0 Å². The van der Waals surface area contributed by atoms with Crippen molar-refractivity contribution >= 4 is 43.7 Å². The van der Waals surface area contributed by atoms with E-state index in [4.69, 9.17) is 0 Å². The maximum absolute atomic E-state index is 2.42. The molecule has 0 amide bonds. The van der Waals surface area contributed by atoms with E-state index in [0.29, 0.717) is 5.92 Å². The van der Waals surface area contributed by atoms with E-state index in [-0.39, 0.29) is 0 Å². The molecule has 0 spiro atoms. The van der Waals surface area contributed by atoms with Crippen LogP contribution in [0.1, 0.15) is 54.0 Å². The lowest BCUT2D eigenvalue weighted by Crippen LogP contribution is -1.97. The van der Waals surface area contributed by atoms with Crippen LogP contribution in [0.4, 0.5) is 0 Å². The first-order valence-electron chi connectivity index (χ1n) is 18.4. The van der Waals surface area contributed by atoms with Crippen LogP contribution < -0.4 is 0 Å². The van der Waals surface area contributed by atoms with Gasteiger partial charge in [0.1, 0.15) is 0 Å². The number of aromatic nitrogens is 1.